The monoisotopic (exact) mass is 300 g/mol. The van der Waals surface area contributed by atoms with Gasteiger partial charge in [0.1, 0.15) is 0 Å². The van der Waals surface area contributed by atoms with Crippen molar-refractivity contribution in [3.05, 3.63) is 69.7 Å². The van der Waals surface area contributed by atoms with Crippen LogP contribution < -0.4 is 0 Å². The second kappa shape index (κ2) is 5.86. The quantitative estimate of drug-likeness (QED) is 0.792. The third-order valence-electron chi connectivity index (χ3n) is 2.59. The maximum Gasteiger partial charge on any atom is 0.0761 e. The maximum absolute atomic E-state index is 9.41. The fourth-order valence-corrected chi connectivity index (χ4v) is 1.79. The van der Waals surface area contributed by atoms with Crippen molar-refractivity contribution < 1.29 is 5.11 Å². The van der Waals surface area contributed by atoms with Gasteiger partial charge in [-0.05, 0) is 48.9 Å². The van der Waals surface area contributed by atoms with Crippen LogP contribution in [-0.4, -0.2) is 5.11 Å². The van der Waals surface area contributed by atoms with E-state index in [1.54, 1.807) is 6.92 Å². The summed E-state index contributed by atoms with van der Waals surface area (Å²) >= 11 is 3.39. The molecule has 0 aliphatic heterocycles. The Hall–Kier alpha value is -1.56. The van der Waals surface area contributed by atoms with Crippen molar-refractivity contribution in [2.24, 2.45) is 0 Å². The van der Waals surface area contributed by atoms with Crippen LogP contribution in [0.15, 0.2) is 53.0 Å². The van der Waals surface area contributed by atoms with E-state index in [1.807, 2.05) is 48.5 Å². The highest BCUT2D eigenvalue weighted by Gasteiger charge is 1.98. The normalized spacial score (nSPS) is 11.5. The lowest BCUT2D eigenvalue weighted by molar-refractivity contribution is 0.199. The largest absolute Gasteiger partial charge is 0.389 e. The Kier molecular flexibility index (Phi) is 4.19. The molecule has 0 bridgehead atoms. The summed E-state index contributed by atoms with van der Waals surface area (Å²) in [5, 5.41) is 9.41. The lowest BCUT2D eigenvalue weighted by Gasteiger charge is -2.02. The summed E-state index contributed by atoms with van der Waals surface area (Å²) in [5.74, 6) is 6.20. The number of halogens is 1. The Bertz CT molecular complexity index is 571. The molecule has 1 N–H and O–H groups in total. The number of aliphatic hydroxyl groups is 1. The molecule has 0 unspecified atom stereocenters. The molecular formula is C16H13BrO. The van der Waals surface area contributed by atoms with Gasteiger partial charge in [-0.15, -0.1) is 0 Å². The molecule has 1 nitrogen and oxygen atoms in total. The van der Waals surface area contributed by atoms with E-state index in [4.69, 9.17) is 0 Å². The first kappa shape index (κ1) is 12.9. The van der Waals surface area contributed by atoms with Gasteiger partial charge in [0.05, 0.1) is 6.10 Å². The first-order chi connectivity index (χ1) is 8.65. The van der Waals surface area contributed by atoms with Crippen LogP contribution >= 0.6 is 15.9 Å². The van der Waals surface area contributed by atoms with Crippen molar-refractivity contribution in [1.29, 1.82) is 0 Å². The van der Waals surface area contributed by atoms with E-state index in [2.05, 4.69) is 27.8 Å². The van der Waals surface area contributed by atoms with E-state index >= 15 is 0 Å². The molecule has 0 aliphatic carbocycles. The molecule has 0 saturated carbocycles. The summed E-state index contributed by atoms with van der Waals surface area (Å²) in [6.45, 7) is 1.75. The molecule has 0 radical (unpaired) electrons. The van der Waals surface area contributed by atoms with Gasteiger partial charge in [-0.1, -0.05) is 39.9 Å². The van der Waals surface area contributed by atoms with Crippen LogP contribution in [0.25, 0.3) is 0 Å². The van der Waals surface area contributed by atoms with E-state index in [0.29, 0.717) is 0 Å². The summed E-state index contributed by atoms with van der Waals surface area (Å²) in [7, 11) is 0. The van der Waals surface area contributed by atoms with Gasteiger partial charge in [-0.25, -0.2) is 0 Å². The Morgan fingerprint density at radius 1 is 0.889 bits per heavy atom. The first-order valence-corrected chi connectivity index (χ1v) is 6.50. The first-order valence-electron chi connectivity index (χ1n) is 5.71. The molecule has 0 amide bonds. The molecule has 0 fully saturated rings. The van der Waals surface area contributed by atoms with Crippen molar-refractivity contribution in [2.45, 2.75) is 13.0 Å². The molecular weight excluding hydrogens is 288 g/mol. The predicted octanol–water partition coefficient (Wildman–Crippen LogP) is 3.90. The topological polar surface area (TPSA) is 20.2 Å². The van der Waals surface area contributed by atoms with Crippen LogP contribution in [0.3, 0.4) is 0 Å². The van der Waals surface area contributed by atoms with Crippen molar-refractivity contribution in [3.63, 3.8) is 0 Å². The standard InChI is InChI=1S/C16H13BrO/c1-12(18)15-8-4-13(5-9-15)2-3-14-6-10-16(17)11-7-14/h4-12,18H,1H3/t12-/m0/s1. The molecule has 2 aromatic rings. The molecule has 0 aliphatic rings. The number of hydrogen-bond donors (Lipinski definition) is 1. The Balaban J connectivity index is 2.17. The van der Waals surface area contributed by atoms with Crippen LogP contribution in [0.5, 0.6) is 0 Å². The van der Waals surface area contributed by atoms with Gasteiger partial charge in [0.15, 0.2) is 0 Å². The van der Waals surface area contributed by atoms with Crippen LogP contribution in [0.4, 0.5) is 0 Å². The van der Waals surface area contributed by atoms with Crippen LogP contribution in [0, 0.1) is 11.8 Å². The third-order valence-corrected chi connectivity index (χ3v) is 3.12. The van der Waals surface area contributed by atoms with Gasteiger partial charge < -0.3 is 5.11 Å². The van der Waals surface area contributed by atoms with E-state index in [9.17, 15) is 5.11 Å². The average molecular weight is 301 g/mol. The summed E-state index contributed by atoms with van der Waals surface area (Å²) in [6.07, 6.45) is -0.432. The van der Waals surface area contributed by atoms with E-state index in [-0.39, 0.29) is 0 Å². The highest BCUT2D eigenvalue weighted by Crippen LogP contribution is 2.12. The summed E-state index contributed by atoms with van der Waals surface area (Å²) in [5.41, 5.74) is 2.84. The molecule has 18 heavy (non-hydrogen) atoms. The summed E-state index contributed by atoms with van der Waals surface area (Å²) < 4.78 is 1.05. The number of aliphatic hydroxyl groups excluding tert-OH is 1. The molecule has 0 aromatic heterocycles. The molecule has 90 valence electrons. The minimum Gasteiger partial charge on any atom is -0.389 e. The van der Waals surface area contributed by atoms with Gasteiger partial charge >= 0.3 is 0 Å². The van der Waals surface area contributed by atoms with Crippen LogP contribution in [0.2, 0.25) is 0 Å². The van der Waals surface area contributed by atoms with Gasteiger partial charge in [-0.2, -0.15) is 0 Å². The smallest absolute Gasteiger partial charge is 0.0761 e. The SMILES string of the molecule is C[C@H](O)c1ccc(C#Cc2ccc(Br)cc2)cc1. The fraction of sp³-hybridized carbons (Fsp3) is 0.125. The van der Waals surface area contributed by atoms with Crippen LogP contribution in [0.1, 0.15) is 29.7 Å². The average Bonchev–Trinajstić information content (AvgIpc) is 2.38. The molecule has 1 atom stereocenters. The summed E-state index contributed by atoms with van der Waals surface area (Å²) in [4.78, 5) is 0. The molecule has 0 spiro atoms. The Morgan fingerprint density at radius 2 is 1.33 bits per heavy atom. The fourth-order valence-electron chi connectivity index (χ4n) is 1.52. The molecule has 2 rings (SSSR count). The third kappa shape index (κ3) is 3.46. The molecule has 2 aromatic carbocycles. The zero-order valence-corrected chi connectivity index (χ0v) is 11.6. The number of benzene rings is 2. The zero-order valence-electron chi connectivity index (χ0n) is 10.0. The second-order valence-corrected chi connectivity index (χ2v) is 4.97. The predicted molar refractivity (Wildman–Crippen MR) is 77.2 cm³/mol. The minimum atomic E-state index is -0.432. The Labute approximate surface area is 116 Å². The number of hydrogen-bond acceptors (Lipinski definition) is 1. The zero-order chi connectivity index (χ0) is 13.0. The van der Waals surface area contributed by atoms with Gasteiger partial charge in [0.2, 0.25) is 0 Å². The van der Waals surface area contributed by atoms with E-state index in [0.717, 1.165) is 21.2 Å². The highest BCUT2D eigenvalue weighted by atomic mass is 79.9. The van der Waals surface area contributed by atoms with Gasteiger partial charge in [-0.3, -0.25) is 0 Å². The Morgan fingerprint density at radius 3 is 1.78 bits per heavy atom. The lowest BCUT2D eigenvalue weighted by Crippen LogP contribution is -1.89. The maximum atomic E-state index is 9.41. The van der Waals surface area contributed by atoms with Crippen molar-refractivity contribution >= 4 is 15.9 Å². The minimum absolute atomic E-state index is 0.432. The second-order valence-electron chi connectivity index (χ2n) is 4.05. The lowest BCUT2D eigenvalue weighted by atomic mass is 10.1. The summed E-state index contributed by atoms with van der Waals surface area (Å²) in [6, 6.07) is 15.5. The van der Waals surface area contributed by atoms with E-state index < -0.39 is 6.10 Å². The van der Waals surface area contributed by atoms with Gasteiger partial charge in [0.25, 0.3) is 0 Å². The molecule has 0 saturated heterocycles. The van der Waals surface area contributed by atoms with E-state index in [1.165, 1.54) is 0 Å². The van der Waals surface area contributed by atoms with Crippen molar-refractivity contribution in [2.75, 3.05) is 0 Å². The van der Waals surface area contributed by atoms with Crippen molar-refractivity contribution in [3.8, 4) is 11.8 Å². The van der Waals surface area contributed by atoms with Gasteiger partial charge in [0, 0.05) is 15.6 Å². The van der Waals surface area contributed by atoms with Crippen LogP contribution in [-0.2, 0) is 0 Å². The van der Waals surface area contributed by atoms with Crippen molar-refractivity contribution in [1.82, 2.24) is 0 Å². The number of rotatable bonds is 1. The molecule has 2 heteroatoms. The highest BCUT2D eigenvalue weighted by molar-refractivity contribution is 9.10. The molecule has 0 heterocycles.